The van der Waals surface area contributed by atoms with Crippen LogP contribution in [0.2, 0.25) is 0 Å². The van der Waals surface area contributed by atoms with Crippen LogP contribution in [0.25, 0.3) is 22.2 Å². The number of anilines is 1. The number of hydrogen-bond acceptors (Lipinski definition) is 5. The summed E-state index contributed by atoms with van der Waals surface area (Å²) >= 11 is 0. The maximum atomic E-state index is 13.3. The second kappa shape index (κ2) is 8.23. The molecule has 1 heterocycles. The Balaban J connectivity index is 1.81. The highest BCUT2D eigenvalue weighted by molar-refractivity contribution is 6.13. The lowest BCUT2D eigenvalue weighted by Crippen LogP contribution is -2.14. The van der Waals surface area contributed by atoms with Crippen LogP contribution in [0.1, 0.15) is 15.9 Å². The van der Waals surface area contributed by atoms with E-state index in [-0.39, 0.29) is 11.4 Å². The molecule has 31 heavy (non-hydrogen) atoms. The van der Waals surface area contributed by atoms with Crippen LogP contribution >= 0.6 is 0 Å². The summed E-state index contributed by atoms with van der Waals surface area (Å²) < 4.78 is 5.26. The molecule has 4 rings (SSSR count). The molecule has 1 N–H and O–H groups in total. The summed E-state index contributed by atoms with van der Waals surface area (Å²) in [5.74, 6) is -0.0810. The van der Waals surface area contributed by atoms with Crippen LogP contribution in [0.15, 0.2) is 72.8 Å². The van der Waals surface area contributed by atoms with Crippen molar-refractivity contribution >= 4 is 28.2 Å². The molecule has 154 valence electrons. The number of nitro groups is 1. The van der Waals surface area contributed by atoms with Crippen molar-refractivity contribution in [2.75, 3.05) is 12.4 Å². The molecule has 0 spiro atoms. The van der Waals surface area contributed by atoms with Crippen LogP contribution in [0.3, 0.4) is 0 Å². The van der Waals surface area contributed by atoms with E-state index in [2.05, 4.69) is 5.32 Å². The maximum absolute atomic E-state index is 13.3. The van der Waals surface area contributed by atoms with Gasteiger partial charge in [0.1, 0.15) is 5.75 Å². The number of nitrogens with zero attached hydrogens (tertiary/aromatic N) is 2. The van der Waals surface area contributed by atoms with Gasteiger partial charge in [0.2, 0.25) is 0 Å². The van der Waals surface area contributed by atoms with Crippen molar-refractivity contribution in [3.05, 3.63) is 94.0 Å². The topological polar surface area (TPSA) is 94.4 Å². The molecule has 0 bridgehead atoms. The fourth-order valence-electron chi connectivity index (χ4n) is 3.41. The van der Waals surface area contributed by atoms with Gasteiger partial charge in [-0.2, -0.15) is 0 Å². The van der Waals surface area contributed by atoms with Crippen LogP contribution in [-0.4, -0.2) is 22.9 Å². The molecule has 0 aliphatic carbocycles. The average molecular weight is 413 g/mol. The van der Waals surface area contributed by atoms with Gasteiger partial charge in [0, 0.05) is 23.1 Å². The number of rotatable bonds is 5. The third kappa shape index (κ3) is 4.06. The monoisotopic (exact) mass is 413 g/mol. The number of pyridine rings is 1. The number of hydrogen-bond donors (Lipinski definition) is 1. The lowest BCUT2D eigenvalue weighted by atomic mass is 10.0. The Hall–Kier alpha value is -4.26. The van der Waals surface area contributed by atoms with Crippen molar-refractivity contribution in [1.82, 2.24) is 4.98 Å². The highest BCUT2D eigenvalue weighted by atomic mass is 16.6. The summed E-state index contributed by atoms with van der Waals surface area (Å²) in [6.07, 6.45) is 0. The second-order valence-electron chi connectivity index (χ2n) is 7.04. The number of ether oxygens (including phenoxy) is 1. The van der Waals surface area contributed by atoms with E-state index in [1.54, 1.807) is 6.07 Å². The van der Waals surface area contributed by atoms with Gasteiger partial charge in [0.05, 0.1) is 34.5 Å². The van der Waals surface area contributed by atoms with Crippen molar-refractivity contribution < 1.29 is 14.5 Å². The predicted octanol–water partition coefficient (Wildman–Crippen LogP) is 5.38. The first-order valence-corrected chi connectivity index (χ1v) is 9.57. The number of nitro benzene ring substituents is 1. The normalized spacial score (nSPS) is 10.6. The van der Waals surface area contributed by atoms with Crippen LogP contribution in [0, 0.1) is 17.0 Å². The summed E-state index contributed by atoms with van der Waals surface area (Å²) in [5.41, 5.74) is 3.82. The fourth-order valence-corrected chi connectivity index (χ4v) is 3.41. The fraction of sp³-hybridized carbons (Fsp3) is 0.0833. The molecule has 0 radical (unpaired) electrons. The summed E-state index contributed by atoms with van der Waals surface area (Å²) in [5, 5.41) is 14.6. The lowest BCUT2D eigenvalue weighted by molar-refractivity contribution is -0.384. The Labute approximate surface area is 178 Å². The number of aryl methyl sites for hydroxylation is 1. The minimum atomic E-state index is -0.521. The molecular formula is C24H19N3O4. The number of nitrogens with one attached hydrogen (secondary N) is 1. The number of carbonyl (C=O) groups is 1. The van der Waals surface area contributed by atoms with Gasteiger partial charge in [-0.25, -0.2) is 4.98 Å². The number of carbonyl (C=O) groups excluding carboxylic acids is 1. The van der Waals surface area contributed by atoms with E-state index >= 15 is 0 Å². The van der Waals surface area contributed by atoms with Gasteiger partial charge in [0.15, 0.2) is 0 Å². The Morgan fingerprint density at radius 1 is 1.03 bits per heavy atom. The highest BCUT2D eigenvalue weighted by Crippen LogP contribution is 2.31. The summed E-state index contributed by atoms with van der Waals surface area (Å²) in [6.45, 7) is 1.99. The van der Waals surface area contributed by atoms with Gasteiger partial charge in [-0.3, -0.25) is 14.9 Å². The SMILES string of the molecule is COc1ccc([N+](=O)[O-])cc1NC(=O)c1cc(-c2cccc(C)c2)nc2ccccc12. The van der Waals surface area contributed by atoms with Gasteiger partial charge in [-0.15, -0.1) is 0 Å². The molecule has 1 amide bonds. The molecule has 1 aromatic heterocycles. The predicted molar refractivity (Wildman–Crippen MR) is 120 cm³/mol. The van der Waals surface area contributed by atoms with Crippen LogP contribution < -0.4 is 10.1 Å². The first kappa shape index (κ1) is 20.0. The number of amides is 1. The number of fused-ring (bicyclic) bond motifs is 1. The minimum Gasteiger partial charge on any atom is -0.495 e. The standard InChI is InChI=1S/C24H19N3O4/c1-15-6-5-7-16(12-15)21-14-19(18-8-3-4-9-20(18)25-21)24(28)26-22-13-17(27(29)30)10-11-23(22)31-2/h3-14H,1-2H3,(H,26,28). The zero-order chi connectivity index (χ0) is 22.0. The first-order valence-electron chi connectivity index (χ1n) is 9.57. The largest absolute Gasteiger partial charge is 0.495 e. The first-order chi connectivity index (χ1) is 15.0. The molecule has 0 saturated heterocycles. The molecule has 3 aromatic carbocycles. The molecule has 0 fully saturated rings. The van der Waals surface area contributed by atoms with Crippen LogP contribution in [-0.2, 0) is 0 Å². The number of aromatic nitrogens is 1. The van der Waals surface area contributed by atoms with Crippen molar-refractivity contribution in [3.8, 4) is 17.0 Å². The van der Waals surface area contributed by atoms with Crippen molar-refractivity contribution in [2.24, 2.45) is 0 Å². The second-order valence-corrected chi connectivity index (χ2v) is 7.04. The van der Waals surface area contributed by atoms with Gasteiger partial charge >= 0.3 is 0 Å². The third-order valence-electron chi connectivity index (χ3n) is 4.92. The molecule has 4 aromatic rings. The highest BCUT2D eigenvalue weighted by Gasteiger charge is 2.18. The number of para-hydroxylation sites is 1. The van der Waals surface area contributed by atoms with Gasteiger partial charge < -0.3 is 10.1 Å². The zero-order valence-electron chi connectivity index (χ0n) is 17.0. The Bertz CT molecular complexity index is 1320. The quantitative estimate of drug-likeness (QED) is 0.350. The summed E-state index contributed by atoms with van der Waals surface area (Å²) in [4.78, 5) is 28.6. The van der Waals surface area contributed by atoms with Gasteiger partial charge in [0.25, 0.3) is 11.6 Å². The van der Waals surface area contributed by atoms with E-state index < -0.39 is 10.8 Å². The van der Waals surface area contributed by atoms with Crippen molar-refractivity contribution in [3.63, 3.8) is 0 Å². The molecule has 7 heteroatoms. The van der Waals surface area contributed by atoms with Gasteiger partial charge in [-0.05, 0) is 31.2 Å². The van der Waals surface area contributed by atoms with Gasteiger partial charge in [-0.1, -0.05) is 42.0 Å². The Morgan fingerprint density at radius 2 is 1.84 bits per heavy atom. The maximum Gasteiger partial charge on any atom is 0.271 e. The molecule has 0 atom stereocenters. The number of non-ortho nitro benzene ring substituents is 1. The van der Waals surface area contributed by atoms with E-state index in [9.17, 15) is 14.9 Å². The van der Waals surface area contributed by atoms with E-state index in [1.165, 1.54) is 25.3 Å². The Kier molecular flexibility index (Phi) is 5.32. The molecule has 7 nitrogen and oxygen atoms in total. The van der Waals surface area contributed by atoms with Crippen molar-refractivity contribution in [1.29, 1.82) is 0 Å². The summed E-state index contributed by atoms with van der Waals surface area (Å²) in [7, 11) is 1.44. The minimum absolute atomic E-state index is 0.142. The number of methoxy groups -OCH3 is 1. The van der Waals surface area contributed by atoms with E-state index in [4.69, 9.17) is 9.72 Å². The molecule has 0 aliphatic heterocycles. The third-order valence-corrected chi connectivity index (χ3v) is 4.92. The van der Waals surface area contributed by atoms with Crippen LogP contribution in [0.5, 0.6) is 5.75 Å². The summed E-state index contributed by atoms with van der Waals surface area (Å²) in [6, 6.07) is 21.0. The average Bonchev–Trinajstić information content (AvgIpc) is 2.78. The Morgan fingerprint density at radius 3 is 2.58 bits per heavy atom. The smallest absolute Gasteiger partial charge is 0.271 e. The van der Waals surface area contributed by atoms with Crippen LogP contribution in [0.4, 0.5) is 11.4 Å². The molecular weight excluding hydrogens is 394 g/mol. The molecule has 0 aliphatic rings. The van der Waals surface area contributed by atoms with E-state index in [0.29, 0.717) is 27.9 Å². The van der Waals surface area contributed by atoms with Crippen molar-refractivity contribution in [2.45, 2.75) is 6.92 Å². The zero-order valence-corrected chi connectivity index (χ0v) is 17.0. The van der Waals surface area contributed by atoms with E-state index in [0.717, 1.165) is 11.1 Å². The molecule has 0 unspecified atom stereocenters. The number of benzene rings is 3. The lowest BCUT2D eigenvalue weighted by Gasteiger charge is -2.13. The molecule has 0 saturated carbocycles. The van der Waals surface area contributed by atoms with E-state index in [1.807, 2.05) is 55.5 Å².